The molecule has 1 saturated heterocycles. The average Bonchev–Trinajstić information content (AvgIpc) is 2.39. The maximum atomic E-state index is 11.4. The fraction of sp³-hybridized carbons (Fsp3) is 0.467. The summed E-state index contributed by atoms with van der Waals surface area (Å²) in [5, 5.41) is 2.97. The van der Waals surface area contributed by atoms with Gasteiger partial charge in [0.25, 0.3) is 0 Å². The smallest absolute Gasteiger partial charge is 0.224 e. The Kier molecular flexibility index (Phi) is 3.33. The maximum absolute atomic E-state index is 11.4. The predicted molar refractivity (Wildman–Crippen MR) is 72.2 cm³/mol. The van der Waals surface area contributed by atoms with Crippen LogP contribution >= 0.6 is 0 Å². The molecule has 1 amide bonds. The lowest BCUT2D eigenvalue weighted by Gasteiger charge is -2.27. The van der Waals surface area contributed by atoms with Gasteiger partial charge < -0.3 is 5.32 Å². The van der Waals surface area contributed by atoms with Crippen molar-refractivity contribution in [2.45, 2.75) is 32.2 Å². The number of rotatable bonds is 2. The Hall–Kier alpha value is -1.35. The molecule has 0 unspecified atom stereocenters. The Labute approximate surface area is 108 Å². The highest BCUT2D eigenvalue weighted by Gasteiger charge is 2.16. The molecular formula is C15H19N2O. The molecule has 3 rings (SSSR count). The first-order valence-corrected chi connectivity index (χ1v) is 6.77. The number of nitrogens with zero attached hydrogens (tertiary/aromatic N) is 1. The molecule has 2 heterocycles. The Bertz CT molecular complexity index is 450. The van der Waals surface area contributed by atoms with Crippen molar-refractivity contribution in [3.05, 3.63) is 35.7 Å². The fourth-order valence-electron chi connectivity index (χ4n) is 2.74. The summed E-state index contributed by atoms with van der Waals surface area (Å²) in [6, 6.07) is 6.51. The number of likely N-dealkylation sites (tertiary alicyclic amines) is 1. The number of hydrogen-bond acceptors (Lipinski definition) is 2. The largest absolute Gasteiger partial charge is 0.326 e. The zero-order chi connectivity index (χ0) is 12.4. The van der Waals surface area contributed by atoms with Gasteiger partial charge in [-0.2, -0.15) is 0 Å². The van der Waals surface area contributed by atoms with Gasteiger partial charge in [-0.3, -0.25) is 9.69 Å². The van der Waals surface area contributed by atoms with E-state index in [9.17, 15) is 4.79 Å². The quantitative estimate of drug-likeness (QED) is 0.865. The summed E-state index contributed by atoms with van der Waals surface area (Å²) in [6.45, 7) is 3.31. The van der Waals surface area contributed by atoms with Crippen molar-refractivity contribution in [1.29, 1.82) is 0 Å². The Morgan fingerprint density at radius 1 is 1.17 bits per heavy atom. The number of anilines is 1. The highest BCUT2D eigenvalue weighted by molar-refractivity contribution is 5.93. The standard InChI is InChI=1S/C15H19N2O/c18-15-7-6-13-5-4-12(10-14(13)16-15)11-17-8-2-1-3-9-17/h1,4-5,10H,2-3,6-9,11H2,(H,16,18). The third-order valence-corrected chi connectivity index (χ3v) is 3.77. The Morgan fingerprint density at radius 2 is 2.00 bits per heavy atom. The van der Waals surface area contributed by atoms with Crippen LogP contribution < -0.4 is 5.32 Å². The van der Waals surface area contributed by atoms with Crippen LogP contribution in [-0.2, 0) is 17.8 Å². The van der Waals surface area contributed by atoms with E-state index in [1.807, 2.05) is 0 Å². The van der Waals surface area contributed by atoms with Gasteiger partial charge in [0.1, 0.15) is 0 Å². The van der Waals surface area contributed by atoms with Crippen molar-refractivity contribution in [3.63, 3.8) is 0 Å². The molecule has 1 fully saturated rings. The Balaban J connectivity index is 1.73. The number of piperidine rings is 1. The van der Waals surface area contributed by atoms with Crippen LogP contribution in [0.2, 0.25) is 0 Å². The molecule has 0 atom stereocenters. The summed E-state index contributed by atoms with van der Waals surface area (Å²) in [5.74, 6) is 0.146. The summed E-state index contributed by atoms with van der Waals surface area (Å²) in [6.07, 6.45) is 6.25. The second-order valence-electron chi connectivity index (χ2n) is 5.18. The number of benzene rings is 1. The van der Waals surface area contributed by atoms with Crippen LogP contribution in [-0.4, -0.2) is 23.9 Å². The summed E-state index contributed by atoms with van der Waals surface area (Å²) in [5.41, 5.74) is 3.59. The number of carbonyl (C=O) groups excluding carboxylic acids is 1. The molecule has 1 radical (unpaired) electrons. The zero-order valence-corrected chi connectivity index (χ0v) is 10.6. The van der Waals surface area contributed by atoms with Gasteiger partial charge >= 0.3 is 0 Å². The normalized spacial score (nSPS) is 20.3. The number of nitrogens with one attached hydrogen (secondary N) is 1. The van der Waals surface area contributed by atoms with Gasteiger partial charge in [-0.05, 0) is 56.0 Å². The van der Waals surface area contributed by atoms with Crippen molar-refractivity contribution in [2.75, 3.05) is 18.4 Å². The van der Waals surface area contributed by atoms with Crippen LogP contribution in [0.25, 0.3) is 0 Å². The number of hydrogen-bond donors (Lipinski definition) is 1. The lowest BCUT2D eigenvalue weighted by molar-refractivity contribution is -0.116. The van der Waals surface area contributed by atoms with Crippen molar-refractivity contribution >= 4 is 11.6 Å². The van der Waals surface area contributed by atoms with Crippen molar-refractivity contribution in [1.82, 2.24) is 4.90 Å². The van der Waals surface area contributed by atoms with Gasteiger partial charge in [0.15, 0.2) is 0 Å². The van der Waals surface area contributed by atoms with E-state index >= 15 is 0 Å². The molecule has 1 aromatic rings. The van der Waals surface area contributed by atoms with E-state index in [1.54, 1.807) is 0 Å². The number of amides is 1. The molecule has 1 aromatic carbocycles. The number of aryl methyl sites for hydroxylation is 1. The molecule has 0 bridgehead atoms. The monoisotopic (exact) mass is 243 g/mol. The first kappa shape index (κ1) is 11.7. The minimum atomic E-state index is 0.146. The highest BCUT2D eigenvalue weighted by atomic mass is 16.1. The molecular weight excluding hydrogens is 224 g/mol. The molecule has 1 N–H and O–H groups in total. The topological polar surface area (TPSA) is 32.3 Å². The van der Waals surface area contributed by atoms with Crippen molar-refractivity contribution < 1.29 is 4.79 Å². The minimum Gasteiger partial charge on any atom is -0.326 e. The summed E-state index contributed by atoms with van der Waals surface area (Å²) in [7, 11) is 0. The maximum Gasteiger partial charge on any atom is 0.224 e. The van der Waals surface area contributed by atoms with E-state index in [0.717, 1.165) is 31.7 Å². The molecule has 0 spiro atoms. The third-order valence-electron chi connectivity index (χ3n) is 3.77. The van der Waals surface area contributed by atoms with Crippen LogP contribution in [0.3, 0.4) is 0 Å². The van der Waals surface area contributed by atoms with Crippen LogP contribution in [0.5, 0.6) is 0 Å². The zero-order valence-electron chi connectivity index (χ0n) is 10.6. The predicted octanol–water partition coefficient (Wildman–Crippen LogP) is 2.37. The third kappa shape index (κ3) is 2.56. The summed E-state index contributed by atoms with van der Waals surface area (Å²) >= 11 is 0. The number of fused-ring (bicyclic) bond motifs is 1. The van der Waals surface area contributed by atoms with E-state index in [1.165, 1.54) is 24.0 Å². The van der Waals surface area contributed by atoms with E-state index in [4.69, 9.17) is 0 Å². The fourth-order valence-corrected chi connectivity index (χ4v) is 2.74. The van der Waals surface area contributed by atoms with E-state index in [0.29, 0.717) is 6.42 Å². The molecule has 0 saturated carbocycles. The lowest BCUT2D eigenvalue weighted by atomic mass is 10.0. The van der Waals surface area contributed by atoms with Gasteiger partial charge in [0.2, 0.25) is 5.91 Å². The molecule has 95 valence electrons. The molecule has 2 aliphatic heterocycles. The lowest BCUT2D eigenvalue weighted by Crippen LogP contribution is -2.29. The van der Waals surface area contributed by atoms with Crippen LogP contribution in [0, 0.1) is 6.42 Å². The van der Waals surface area contributed by atoms with Crippen molar-refractivity contribution in [3.8, 4) is 0 Å². The van der Waals surface area contributed by atoms with E-state index < -0.39 is 0 Å². The molecule has 2 aliphatic rings. The minimum absolute atomic E-state index is 0.146. The van der Waals surface area contributed by atoms with E-state index in [2.05, 4.69) is 34.8 Å². The van der Waals surface area contributed by atoms with Crippen molar-refractivity contribution in [2.24, 2.45) is 0 Å². The second kappa shape index (κ2) is 5.11. The first-order chi connectivity index (χ1) is 8.81. The molecule has 0 aliphatic carbocycles. The second-order valence-corrected chi connectivity index (χ2v) is 5.18. The average molecular weight is 243 g/mol. The van der Waals surface area contributed by atoms with Gasteiger partial charge in [-0.1, -0.05) is 12.1 Å². The molecule has 0 aromatic heterocycles. The summed E-state index contributed by atoms with van der Waals surface area (Å²) < 4.78 is 0. The first-order valence-electron chi connectivity index (χ1n) is 6.77. The highest BCUT2D eigenvalue weighted by Crippen LogP contribution is 2.24. The van der Waals surface area contributed by atoms with Gasteiger partial charge in [-0.15, -0.1) is 0 Å². The number of carbonyl (C=O) groups is 1. The van der Waals surface area contributed by atoms with Crippen LogP contribution in [0.1, 0.15) is 30.4 Å². The molecule has 3 heteroatoms. The van der Waals surface area contributed by atoms with Crippen LogP contribution in [0.4, 0.5) is 5.69 Å². The summed E-state index contributed by atoms with van der Waals surface area (Å²) in [4.78, 5) is 13.9. The van der Waals surface area contributed by atoms with Gasteiger partial charge in [0.05, 0.1) is 0 Å². The molecule has 18 heavy (non-hydrogen) atoms. The SMILES string of the molecule is O=C1CCc2ccc(CN3CC[CH]CC3)cc2N1. The van der Waals surface area contributed by atoms with Crippen LogP contribution in [0.15, 0.2) is 18.2 Å². The Morgan fingerprint density at radius 3 is 2.83 bits per heavy atom. The van der Waals surface area contributed by atoms with Gasteiger partial charge in [0, 0.05) is 18.7 Å². The molecule has 3 nitrogen and oxygen atoms in total. The van der Waals surface area contributed by atoms with Gasteiger partial charge in [-0.25, -0.2) is 0 Å². The van der Waals surface area contributed by atoms with E-state index in [-0.39, 0.29) is 5.91 Å².